The Morgan fingerprint density at radius 3 is 2.60 bits per heavy atom. The van der Waals surface area contributed by atoms with Crippen molar-refractivity contribution in [1.29, 1.82) is 0 Å². The maximum Gasteiger partial charge on any atom is 0.224 e. The fourth-order valence-corrected chi connectivity index (χ4v) is 3.25. The number of carbonyl (C=O) groups is 1. The molecular weight excluding hydrogens is 376 g/mol. The maximum absolute atomic E-state index is 12.2. The summed E-state index contributed by atoms with van der Waals surface area (Å²) in [4.78, 5) is 20.8. The van der Waals surface area contributed by atoms with E-state index in [-0.39, 0.29) is 5.91 Å². The van der Waals surface area contributed by atoms with E-state index in [0.717, 1.165) is 34.9 Å². The van der Waals surface area contributed by atoms with Crippen molar-refractivity contribution in [3.63, 3.8) is 0 Å². The number of oxazole rings is 1. The van der Waals surface area contributed by atoms with Gasteiger partial charge in [-0.15, -0.1) is 0 Å². The van der Waals surface area contributed by atoms with Crippen LogP contribution in [0.3, 0.4) is 0 Å². The number of carbonyl (C=O) groups excluding carboxylic acids is 1. The van der Waals surface area contributed by atoms with Gasteiger partial charge in [0.05, 0.1) is 6.20 Å². The number of hydrogen-bond acceptors (Lipinski definition) is 4. The number of nitrogens with one attached hydrogen (secondary N) is 1. The van der Waals surface area contributed by atoms with Crippen LogP contribution in [0.15, 0.2) is 77.6 Å². The number of benzene rings is 2. The quantitative estimate of drug-likeness (QED) is 0.459. The molecule has 2 aromatic carbocycles. The second-order valence-electron chi connectivity index (χ2n) is 7.19. The topological polar surface area (TPSA) is 73.0 Å². The largest absolute Gasteiger partial charge is 0.441 e. The Bertz CT molecular complexity index is 1100. The highest BCUT2D eigenvalue weighted by Crippen LogP contribution is 2.20. The van der Waals surface area contributed by atoms with Crippen molar-refractivity contribution in [2.24, 2.45) is 0 Å². The minimum atomic E-state index is -0.0111. The molecule has 6 nitrogen and oxygen atoms in total. The molecule has 0 saturated carbocycles. The van der Waals surface area contributed by atoms with Gasteiger partial charge in [0.1, 0.15) is 5.82 Å². The molecule has 0 aliphatic rings. The van der Waals surface area contributed by atoms with Gasteiger partial charge in [-0.3, -0.25) is 4.79 Å². The van der Waals surface area contributed by atoms with Crippen molar-refractivity contribution in [3.05, 3.63) is 90.5 Å². The third-order valence-corrected chi connectivity index (χ3v) is 4.92. The summed E-state index contributed by atoms with van der Waals surface area (Å²) in [7, 11) is 0. The van der Waals surface area contributed by atoms with Crippen LogP contribution in [0.5, 0.6) is 0 Å². The highest BCUT2D eigenvalue weighted by molar-refractivity contribution is 5.90. The number of aromatic nitrogens is 3. The zero-order valence-electron chi connectivity index (χ0n) is 16.9. The Morgan fingerprint density at radius 2 is 1.87 bits per heavy atom. The summed E-state index contributed by atoms with van der Waals surface area (Å²) < 4.78 is 7.87. The van der Waals surface area contributed by atoms with E-state index in [2.05, 4.69) is 19.9 Å². The van der Waals surface area contributed by atoms with Gasteiger partial charge in [-0.1, -0.05) is 42.5 Å². The summed E-state index contributed by atoms with van der Waals surface area (Å²) in [6.07, 6.45) is 7.21. The van der Waals surface area contributed by atoms with Crippen LogP contribution in [0.25, 0.3) is 11.3 Å². The third-order valence-electron chi connectivity index (χ3n) is 4.92. The lowest BCUT2D eigenvalue weighted by molar-refractivity contribution is -0.116. The van der Waals surface area contributed by atoms with Gasteiger partial charge < -0.3 is 14.3 Å². The second kappa shape index (κ2) is 9.22. The van der Waals surface area contributed by atoms with E-state index in [1.54, 1.807) is 12.4 Å². The lowest BCUT2D eigenvalue weighted by Gasteiger charge is -2.08. The van der Waals surface area contributed by atoms with Crippen LogP contribution in [-0.4, -0.2) is 20.4 Å². The summed E-state index contributed by atoms with van der Waals surface area (Å²) in [5, 5.41) is 2.95. The lowest BCUT2D eigenvalue weighted by Crippen LogP contribution is -2.11. The van der Waals surface area contributed by atoms with Gasteiger partial charge in [-0.05, 0) is 31.0 Å². The zero-order chi connectivity index (χ0) is 20.8. The fourth-order valence-electron chi connectivity index (χ4n) is 3.25. The molecule has 0 spiro atoms. The van der Waals surface area contributed by atoms with Crippen LogP contribution in [0.4, 0.5) is 5.69 Å². The minimum absolute atomic E-state index is 0.0111. The molecule has 1 amide bonds. The molecule has 6 heteroatoms. The summed E-state index contributed by atoms with van der Waals surface area (Å²) in [6, 6.07) is 17.8. The molecule has 0 atom stereocenters. The molecule has 4 aromatic rings. The smallest absolute Gasteiger partial charge is 0.224 e. The number of rotatable bonds is 8. The highest BCUT2D eigenvalue weighted by Gasteiger charge is 2.08. The molecule has 4 rings (SSSR count). The molecule has 0 radical (unpaired) electrons. The first kappa shape index (κ1) is 19.6. The zero-order valence-corrected chi connectivity index (χ0v) is 16.9. The molecule has 0 unspecified atom stereocenters. The number of nitrogens with zero attached hydrogens (tertiary/aromatic N) is 3. The number of anilines is 1. The van der Waals surface area contributed by atoms with Crippen LogP contribution in [0.2, 0.25) is 0 Å². The van der Waals surface area contributed by atoms with Crippen LogP contribution in [0.1, 0.15) is 30.1 Å². The number of amides is 1. The van der Waals surface area contributed by atoms with E-state index < -0.39 is 0 Å². The molecule has 2 aromatic heterocycles. The molecule has 0 fully saturated rings. The Morgan fingerprint density at radius 1 is 1.07 bits per heavy atom. The van der Waals surface area contributed by atoms with Crippen LogP contribution in [-0.2, 0) is 17.8 Å². The first-order chi connectivity index (χ1) is 14.7. The molecule has 0 bridgehead atoms. The van der Waals surface area contributed by atoms with E-state index in [4.69, 9.17) is 4.42 Å². The van der Waals surface area contributed by atoms with E-state index in [9.17, 15) is 4.79 Å². The fraction of sp³-hybridized carbons (Fsp3) is 0.208. The normalized spacial score (nSPS) is 10.8. The maximum atomic E-state index is 12.2. The van der Waals surface area contributed by atoms with Crippen molar-refractivity contribution < 1.29 is 9.21 Å². The monoisotopic (exact) mass is 400 g/mol. The average molecular weight is 400 g/mol. The highest BCUT2D eigenvalue weighted by atomic mass is 16.4. The predicted molar refractivity (Wildman–Crippen MR) is 116 cm³/mol. The molecule has 152 valence electrons. The molecule has 0 aliphatic carbocycles. The van der Waals surface area contributed by atoms with Crippen molar-refractivity contribution in [2.45, 2.75) is 32.7 Å². The summed E-state index contributed by atoms with van der Waals surface area (Å²) in [6.45, 7) is 2.75. The first-order valence-electron chi connectivity index (χ1n) is 10.0. The Balaban J connectivity index is 1.23. The van der Waals surface area contributed by atoms with Crippen molar-refractivity contribution in [1.82, 2.24) is 14.5 Å². The van der Waals surface area contributed by atoms with E-state index in [0.29, 0.717) is 25.2 Å². The van der Waals surface area contributed by atoms with Crippen molar-refractivity contribution in [2.75, 3.05) is 5.32 Å². The lowest BCUT2D eigenvalue weighted by atomic mass is 10.2. The number of imidazole rings is 1. The summed E-state index contributed by atoms with van der Waals surface area (Å²) in [5.74, 6) is 2.37. The van der Waals surface area contributed by atoms with Crippen LogP contribution in [0, 0.1) is 6.92 Å². The second-order valence-corrected chi connectivity index (χ2v) is 7.19. The van der Waals surface area contributed by atoms with Gasteiger partial charge in [0, 0.05) is 43.0 Å². The van der Waals surface area contributed by atoms with Gasteiger partial charge in [0.25, 0.3) is 0 Å². The SMILES string of the molecule is Cc1nccn1Cc1ccc(NC(=O)CCCc2ncc(-c3ccccc3)o2)cc1. The number of hydrogen-bond donors (Lipinski definition) is 1. The predicted octanol–water partition coefficient (Wildman–Crippen LogP) is 4.86. The van der Waals surface area contributed by atoms with Crippen LogP contribution >= 0.6 is 0 Å². The molecule has 2 heterocycles. The summed E-state index contributed by atoms with van der Waals surface area (Å²) >= 11 is 0. The standard InChI is InChI=1S/C24H24N4O2/c1-18-25-14-15-28(18)17-19-10-12-21(13-11-19)27-23(29)8-5-9-24-26-16-22(30-24)20-6-3-2-4-7-20/h2-4,6-7,10-16H,5,8-9,17H2,1H3,(H,27,29). The van der Waals surface area contributed by atoms with Gasteiger partial charge in [0.15, 0.2) is 11.7 Å². The van der Waals surface area contributed by atoms with Crippen molar-refractivity contribution >= 4 is 11.6 Å². The van der Waals surface area contributed by atoms with Gasteiger partial charge in [0.2, 0.25) is 5.91 Å². The minimum Gasteiger partial charge on any atom is -0.441 e. The average Bonchev–Trinajstić information content (AvgIpc) is 3.39. The Kier molecular flexibility index (Phi) is 6.03. The van der Waals surface area contributed by atoms with Gasteiger partial charge in [-0.2, -0.15) is 0 Å². The molecule has 0 aliphatic heterocycles. The molecule has 1 N–H and O–H groups in total. The van der Waals surface area contributed by atoms with Crippen molar-refractivity contribution in [3.8, 4) is 11.3 Å². The third kappa shape index (κ3) is 5.03. The van der Waals surface area contributed by atoms with Gasteiger partial charge in [-0.25, -0.2) is 9.97 Å². The Hall–Kier alpha value is -3.67. The Labute approximate surface area is 175 Å². The van der Waals surface area contributed by atoms with E-state index >= 15 is 0 Å². The first-order valence-corrected chi connectivity index (χ1v) is 10.0. The molecule has 30 heavy (non-hydrogen) atoms. The summed E-state index contributed by atoms with van der Waals surface area (Å²) in [5.41, 5.74) is 2.96. The number of aryl methyl sites for hydroxylation is 2. The van der Waals surface area contributed by atoms with E-state index in [1.165, 1.54) is 0 Å². The molecule has 0 saturated heterocycles. The van der Waals surface area contributed by atoms with E-state index in [1.807, 2.05) is 67.7 Å². The van der Waals surface area contributed by atoms with Crippen LogP contribution < -0.4 is 5.32 Å². The van der Waals surface area contributed by atoms with Gasteiger partial charge >= 0.3 is 0 Å². The molecular formula is C24H24N4O2.